The summed E-state index contributed by atoms with van der Waals surface area (Å²) < 4.78 is 15.3. The second kappa shape index (κ2) is 8.57. The average molecular weight is 471 g/mol. The van der Waals surface area contributed by atoms with E-state index in [1.807, 2.05) is 35.2 Å². The van der Waals surface area contributed by atoms with Gasteiger partial charge < -0.3 is 10.0 Å². The highest BCUT2D eigenvalue weighted by atomic mass is 19.1. The van der Waals surface area contributed by atoms with Gasteiger partial charge >= 0.3 is 0 Å². The summed E-state index contributed by atoms with van der Waals surface area (Å²) in [6.07, 6.45) is 9.36. The predicted molar refractivity (Wildman–Crippen MR) is 130 cm³/mol. The van der Waals surface area contributed by atoms with Gasteiger partial charge in [0.2, 0.25) is 5.82 Å². The molecule has 2 aromatic carbocycles. The molecule has 0 bridgehead atoms. The summed E-state index contributed by atoms with van der Waals surface area (Å²) in [5, 5.41) is 11.9. The summed E-state index contributed by atoms with van der Waals surface area (Å²) in [4.78, 5) is 24.9. The molecule has 178 valence electrons. The summed E-state index contributed by atoms with van der Waals surface area (Å²) in [5.41, 5.74) is 2.00. The van der Waals surface area contributed by atoms with E-state index < -0.39 is 5.60 Å². The number of benzene rings is 2. The summed E-state index contributed by atoms with van der Waals surface area (Å²) in [6.45, 7) is 0.456. The lowest BCUT2D eigenvalue weighted by Crippen LogP contribution is -2.59. The average Bonchev–Trinajstić information content (AvgIpc) is 3.29. The fourth-order valence-electron chi connectivity index (χ4n) is 6.06. The van der Waals surface area contributed by atoms with Crippen molar-refractivity contribution < 1.29 is 14.3 Å². The van der Waals surface area contributed by atoms with E-state index in [1.54, 1.807) is 35.1 Å². The Balaban J connectivity index is 1.39. The van der Waals surface area contributed by atoms with Crippen LogP contribution in [0.2, 0.25) is 0 Å². The number of amides is 1. The van der Waals surface area contributed by atoms with E-state index in [1.165, 1.54) is 12.1 Å². The molecular weight excluding hydrogens is 443 g/mol. The minimum Gasteiger partial charge on any atom is -0.385 e. The number of likely N-dealkylation sites (tertiary alicyclic amines) is 1. The monoisotopic (exact) mass is 470 g/mol. The van der Waals surface area contributed by atoms with Gasteiger partial charge in [-0.1, -0.05) is 43.2 Å². The van der Waals surface area contributed by atoms with Gasteiger partial charge in [-0.3, -0.25) is 14.2 Å². The molecule has 3 heterocycles. The third-order valence-electron chi connectivity index (χ3n) is 7.77. The number of aromatic nitrogens is 3. The number of imidazole rings is 1. The molecule has 3 atom stereocenters. The molecule has 1 N–H and O–H groups in total. The lowest BCUT2D eigenvalue weighted by molar-refractivity contribution is -0.110. The molecule has 2 aromatic heterocycles. The topological polar surface area (TPSA) is 70.7 Å². The second-order valence-electron chi connectivity index (χ2n) is 9.62. The van der Waals surface area contributed by atoms with Crippen molar-refractivity contribution in [2.24, 2.45) is 5.92 Å². The lowest BCUT2D eigenvalue weighted by atomic mass is 9.66. The maximum absolute atomic E-state index is 14.0. The highest BCUT2D eigenvalue weighted by Gasteiger charge is 2.50. The van der Waals surface area contributed by atoms with Crippen molar-refractivity contribution in [3.8, 4) is 11.3 Å². The summed E-state index contributed by atoms with van der Waals surface area (Å²) in [5.74, 6) is -0.183. The predicted octanol–water partition coefficient (Wildman–Crippen LogP) is 4.83. The zero-order valence-electron chi connectivity index (χ0n) is 19.3. The third kappa shape index (κ3) is 3.62. The van der Waals surface area contributed by atoms with Crippen molar-refractivity contribution in [2.45, 2.75) is 43.7 Å². The molecule has 6 nitrogen and oxygen atoms in total. The highest BCUT2D eigenvalue weighted by molar-refractivity contribution is 5.94. The first-order valence-electron chi connectivity index (χ1n) is 12.2. The normalized spacial score (nSPS) is 24.3. The molecule has 2 aliphatic rings. The molecule has 0 radical (unpaired) electrons. The first kappa shape index (κ1) is 21.9. The van der Waals surface area contributed by atoms with E-state index >= 15 is 0 Å². The van der Waals surface area contributed by atoms with Crippen LogP contribution in [0.5, 0.6) is 0 Å². The summed E-state index contributed by atoms with van der Waals surface area (Å²) >= 11 is 0. The first-order chi connectivity index (χ1) is 17.1. The van der Waals surface area contributed by atoms with E-state index in [0.29, 0.717) is 30.0 Å². The molecule has 1 saturated carbocycles. The van der Waals surface area contributed by atoms with Crippen LogP contribution in [0.4, 0.5) is 4.39 Å². The number of carbonyl (C=O) groups is 1. The lowest BCUT2D eigenvalue weighted by Gasteiger charge is -2.52. The molecule has 2 fully saturated rings. The van der Waals surface area contributed by atoms with Gasteiger partial charge in [0, 0.05) is 36.5 Å². The summed E-state index contributed by atoms with van der Waals surface area (Å²) in [6, 6.07) is 15.9. The molecule has 6 rings (SSSR count). The van der Waals surface area contributed by atoms with E-state index in [0.717, 1.165) is 36.8 Å². The molecule has 0 spiro atoms. The van der Waals surface area contributed by atoms with Crippen molar-refractivity contribution >= 4 is 11.4 Å². The van der Waals surface area contributed by atoms with Gasteiger partial charge in [0.15, 0.2) is 0 Å². The Morgan fingerprint density at radius 2 is 1.83 bits per heavy atom. The van der Waals surface area contributed by atoms with Gasteiger partial charge in [-0.25, -0.2) is 9.37 Å². The maximum Gasteiger partial charge on any atom is 0.290 e. The van der Waals surface area contributed by atoms with Crippen LogP contribution in [0.15, 0.2) is 73.2 Å². The molecule has 35 heavy (non-hydrogen) atoms. The molecule has 4 aromatic rings. The van der Waals surface area contributed by atoms with Crippen LogP contribution in [0.1, 0.15) is 48.3 Å². The Bertz CT molecular complexity index is 1370. The molecular formula is C28H27FN4O2. The van der Waals surface area contributed by atoms with Gasteiger partial charge in [-0.2, -0.15) is 0 Å². The van der Waals surface area contributed by atoms with Crippen molar-refractivity contribution in [3.63, 3.8) is 0 Å². The Kier molecular flexibility index (Phi) is 5.37. The Hall–Kier alpha value is -3.58. The highest BCUT2D eigenvalue weighted by Crippen LogP contribution is 2.47. The van der Waals surface area contributed by atoms with Crippen LogP contribution in [-0.2, 0) is 5.60 Å². The third-order valence-corrected chi connectivity index (χ3v) is 7.77. The number of piperidine rings is 1. The standard InChI is InChI=1S/C28H27FN4O2/c29-21-12-10-19(11-13-21)25-24-18-30-15-17-32(24)26(31-25)27(34)33-16-14-28(35,20-6-2-1-3-7-20)22-8-4-5-9-23(22)33/h1-3,6-7,10-13,15,17-18,22-23,35H,4-5,8-9,14,16H2/t22-,23?,28-/m1/s1. The quantitative estimate of drug-likeness (QED) is 0.466. The van der Waals surface area contributed by atoms with Gasteiger partial charge in [-0.05, 0) is 49.1 Å². The number of fused-ring (bicyclic) bond motifs is 2. The van der Waals surface area contributed by atoms with Crippen molar-refractivity contribution in [3.05, 3.63) is 90.4 Å². The zero-order valence-corrected chi connectivity index (χ0v) is 19.3. The Morgan fingerprint density at radius 3 is 2.63 bits per heavy atom. The summed E-state index contributed by atoms with van der Waals surface area (Å²) in [7, 11) is 0. The van der Waals surface area contributed by atoms with Crippen LogP contribution < -0.4 is 0 Å². The largest absolute Gasteiger partial charge is 0.385 e. The number of hydrogen-bond acceptors (Lipinski definition) is 4. The van der Waals surface area contributed by atoms with Gasteiger partial charge in [0.05, 0.1) is 23.0 Å². The number of carbonyl (C=O) groups excluding carboxylic acids is 1. The number of aliphatic hydroxyl groups is 1. The molecule has 7 heteroatoms. The molecule has 1 saturated heterocycles. The Labute approximate surface area is 203 Å². The van der Waals surface area contributed by atoms with Crippen LogP contribution in [0, 0.1) is 11.7 Å². The van der Waals surface area contributed by atoms with Gasteiger partial charge in [-0.15, -0.1) is 0 Å². The SMILES string of the molecule is O=C(c1nc(-c2ccc(F)cc2)c2cnccn12)N1CC[C@@](O)(c2ccccc2)[C@@H]2CCCCC21. The van der Waals surface area contributed by atoms with Crippen molar-refractivity contribution in [1.82, 2.24) is 19.3 Å². The second-order valence-corrected chi connectivity index (χ2v) is 9.62. The van der Waals surface area contributed by atoms with Gasteiger partial charge in [0.1, 0.15) is 5.82 Å². The van der Waals surface area contributed by atoms with Crippen LogP contribution >= 0.6 is 0 Å². The number of rotatable bonds is 3. The number of nitrogens with zero attached hydrogens (tertiary/aromatic N) is 4. The maximum atomic E-state index is 14.0. The molecule has 1 unspecified atom stereocenters. The first-order valence-corrected chi connectivity index (χ1v) is 12.2. The minimum atomic E-state index is -0.943. The van der Waals surface area contributed by atoms with E-state index in [-0.39, 0.29) is 23.7 Å². The smallest absolute Gasteiger partial charge is 0.290 e. The fraction of sp³-hybridized carbons (Fsp3) is 0.321. The van der Waals surface area contributed by atoms with E-state index in [2.05, 4.69) is 4.98 Å². The minimum absolute atomic E-state index is 0.0270. The van der Waals surface area contributed by atoms with Crippen LogP contribution in [0.25, 0.3) is 16.8 Å². The molecule has 1 aliphatic heterocycles. The van der Waals surface area contributed by atoms with E-state index in [4.69, 9.17) is 4.98 Å². The number of halogens is 1. The van der Waals surface area contributed by atoms with Crippen molar-refractivity contribution in [2.75, 3.05) is 6.54 Å². The zero-order chi connectivity index (χ0) is 24.0. The fourth-order valence-corrected chi connectivity index (χ4v) is 6.06. The Morgan fingerprint density at radius 1 is 1.06 bits per heavy atom. The van der Waals surface area contributed by atoms with Crippen molar-refractivity contribution in [1.29, 1.82) is 0 Å². The molecule has 1 aliphatic carbocycles. The van der Waals surface area contributed by atoms with Gasteiger partial charge in [0.25, 0.3) is 5.91 Å². The number of hydrogen-bond donors (Lipinski definition) is 1. The van der Waals surface area contributed by atoms with Crippen LogP contribution in [-0.4, -0.2) is 42.9 Å². The molecule has 1 amide bonds. The van der Waals surface area contributed by atoms with E-state index in [9.17, 15) is 14.3 Å². The van der Waals surface area contributed by atoms with Crippen LogP contribution in [0.3, 0.4) is 0 Å².